The lowest BCUT2D eigenvalue weighted by molar-refractivity contribution is -0.255. The molecule has 1 aromatic rings. The van der Waals surface area contributed by atoms with Crippen molar-refractivity contribution < 1.29 is 35.9 Å². The molecule has 1 aliphatic heterocycles. The molecule has 0 spiro atoms. The fourth-order valence-electron chi connectivity index (χ4n) is 3.23. The smallest absolute Gasteiger partial charge is 0.355 e. The molecule has 7 nitrogen and oxygen atoms in total. The van der Waals surface area contributed by atoms with Crippen molar-refractivity contribution in [2.75, 3.05) is 13.1 Å². The topological polar surface area (TPSA) is 98.7 Å². The van der Waals surface area contributed by atoms with E-state index in [1.165, 1.54) is 43.4 Å². The maximum atomic E-state index is 14.4. The van der Waals surface area contributed by atoms with Crippen LogP contribution in [0.5, 0.6) is 0 Å². The van der Waals surface area contributed by atoms with Gasteiger partial charge in [-0.05, 0) is 5.56 Å². The minimum atomic E-state index is -5.25. The van der Waals surface area contributed by atoms with Crippen LogP contribution in [-0.2, 0) is 10.0 Å². The van der Waals surface area contributed by atoms with Gasteiger partial charge in [0.25, 0.3) is 0 Å². The predicted molar refractivity (Wildman–Crippen MR) is 92.4 cm³/mol. The summed E-state index contributed by atoms with van der Waals surface area (Å²) < 4.78 is 82.1. The van der Waals surface area contributed by atoms with Crippen molar-refractivity contribution in [3.8, 4) is 0 Å². The van der Waals surface area contributed by atoms with E-state index in [4.69, 9.17) is 0 Å². The Labute approximate surface area is 159 Å². The van der Waals surface area contributed by atoms with Crippen molar-refractivity contribution in [3.63, 3.8) is 0 Å². The van der Waals surface area contributed by atoms with E-state index in [1.807, 2.05) is 0 Å². The monoisotopic (exact) mass is 427 g/mol. The Morgan fingerprint density at radius 1 is 1.21 bits per heavy atom. The predicted octanol–water partition coefficient (Wildman–Crippen LogP) is 1.67. The molecule has 2 rings (SSSR count). The average Bonchev–Trinajstić information content (AvgIpc) is 2.62. The number of hydrogen-bond acceptors (Lipinski definition) is 4. The summed E-state index contributed by atoms with van der Waals surface area (Å²) in [6.45, 7) is 2.55. The minimum Gasteiger partial charge on any atom is -0.364 e. The van der Waals surface area contributed by atoms with Gasteiger partial charge in [-0.3, -0.25) is 0 Å². The molecule has 0 radical (unpaired) electrons. The standard InChI is InChI=1S/C16H21F4N3O4S/c1-3-23(4-2)28(26,27)12-11(10-8-6-5-7-9-10)21-14(24)22-16(12,25)15(19,20)13(17)18/h5-9,11-13,25H,3-4H2,1-2H3,(H2,21,22,24)/t11-,12-,16+/m1/s1. The molecule has 1 aliphatic rings. The number of urea groups is 1. The first-order chi connectivity index (χ1) is 12.9. The van der Waals surface area contributed by atoms with Gasteiger partial charge in [-0.15, -0.1) is 0 Å². The lowest BCUT2D eigenvalue weighted by Crippen LogP contribution is -2.78. The van der Waals surface area contributed by atoms with Gasteiger partial charge in [0.05, 0.1) is 6.04 Å². The normalized spacial score (nSPS) is 26.2. The number of amides is 2. The molecule has 158 valence electrons. The molecule has 3 atom stereocenters. The van der Waals surface area contributed by atoms with Gasteiger partial charge in [-0.1, -0.05) is 44.2 Å². The van der Waals surface area contributed by atoms with Crippen molar-refractivity contribution in [3.05, 3.63) is 35.9 Å². The first-order valence-electron chi connectivity index (χ1n) is 8.44. The van der Waals surface area contributed by atoms with E-state index in [9.17, 15) is 35.9 Å². The van der Waals surface area contributed by atoms with Gasteiger partial charge in [0.2, 0.25) is 15.7 Å². The molecule has 3 N–H and O–H groups in total. The van der Waals surface area contributed by atoms with Crippen LogP contribution >= 0.6 is 0 Å². The van der Waals surface area contributed by atoms with Gasteiger partial charge in [0.15, 0.2) is 5.25 Å². The Morgan fingerprint density at radius 3 is 2.21 bits per heavy atom. The zero-order valence-electron chi connectivity index (χ0n) is 15.1. The number of sulfonamides is 1. The summed E-state index contributed by atoms with van der Waals surface area (Å²) in [4.78, 5) is 11.9. The van der Waals surface area contributed by atoms with E-state index >= 15 is 0 Å². The number of alkyl halides is 4. The summed E-state index contributed by atoms with van der Waals surface area (Å²) in [5.41, 5.74) is -3.99. The molecule has 0 aliphatic carbocycles. The number of carbonyl (C=O) groups excluding carboxylic acids is 1. The number of nitrogens with zero attached hydrogens (tertiary/aromatic N) is 1. The summed E-state index contributed by atoms with van der Waals surface area (Å²) in [6, 6.07) is 4.03. The Bertz CT molecular complexity index is 805. The van der Waals surface area contributed by atoms with Gasteiger partial charge in [0, 0.05) is 13.1 Å². The molecular weight excluding hydrogens is 406 g/mol. The molecule has 1 aromatic carbocycles. The molecule has 1 saturated heterocycles. The zero-order valence-corrected chi connectivity index (χ0v) is 15.9. The number of aliphatic hydroxyl groups is 1. The second-order valence-corrected chi connectivity index (χ2v) is 8.28. The number of hydrogen-bond donors (Lipinski definition) is 3. The average molecular weight is 427 g/mol. The van der Waals surface area contributed by atoms with Crippen LogP contribution in [0.25, 0.3) is 0 Å². The number of rotatable bonds is 7. The van der Waals surface area contributed by atoms with Crippen molar-refractivity contribution in [1.29, 1.82) is 0 Å². The number of benzene rings is 1. The Hall–Kier alpha value is -1.92. The van der Waals surface area contributed by atoms with Crippen LogP contribution < -0.4 is 10.6 Å². The quantitative estimate of drug-likeness (QED) is 0.577. The van der Waals surface area contributed by atoms with Crippen LogP contribution in [0.15, 0.2) is 30.3 Å². The summed E-state index contributed by atoms with van der Waals surface area (Å²) in [5.74, 6) is -5.25. The lowest BCUT2D eigenvalue weighted by Gasteiger charge is -2.48. The van der Waals surface area contributed by atoms with Gasteiger partial charge < -0.3 is 15.7 Å². The maximum absolute atomic E-state index is 14.4. The fraction of sp³-hybridized carbons (Fsp3) is 0.562. The molecule has 0 aromatic heterocycles. The van der Waals surface area contributed by atoms with Gasteiger partial charge >= 0.3 is 18.4 Å². The van der Waals surface area contributed by atoms with Crippen LogP contribution in [0.1, 0.15) is 25.5 Å². The Balaban J connectivity index is 2.77. The maximum Gasteiger partial charge on any atom is 0.355 e. The van der Waals surface area contributed by atoms with E-state index in [-0.39, 0.29) is 18.7 Å². The van der Waals surface area contributed by atoms with E-state index < -0.39 is 45.4 Å². The van der Waals surface area contributed by atoms with Crippen molar-refractivity contribution in [2.24, 2.45) is 0 Å². The Morgan fingerprint density at radius 2 is 1.75 bits per heavy atom. The highest BCUT2D eigenvalue weighted by Crippen LogP contribution is 2.44. The summed E-state index contributed by atoms with van der Waals surface area (Å²) >= 11 is 0. The summed E-state index contributed by atoms with van der Waals surface area (Å²) in [7, 11) is -4.78. The van der Waals surface area contributed by atoms with E-state index in [1.54, 1.807) is 6.07 Å². The first kappa shape index (κ1) is 22.4. The highest BCUT2D eigenvalue weighted by molar-refractivity contribution is 7.89. The number of nitrogens with one attached hydrogen (secondary N) is 2. The molecular formula is C16H21F4N3O4S. The van der Waals surface area contributed by atoms with E-state index in [2.05, 4.69) is 5.32 Å². The first-order valence-corrected chi connectivity index (χ1v) is 9.94. The van der Waals surface area contributed by atoms with Crippen molar-refractivity contribution >= 4 is 16.1 Å². The highest BCUT2D eigenvalue weighted by Gasteiger charge is 2.71. The molecule has 2 amide bonds. The highest BCUT2D eigenvalue weighted by atomic mass is 32.2. The summed E-state index contributed by atoms with van der Waals surface area (Å²) in [6.07, 6.45) is -4.43. The van der Waals surface area contributed by atoms with Crippen molar-refractivity contribution in [2.45, 2.75) is 43.2 Å². The number of carbonyl (C=O) groups is 1. The minimum absolute atomic E-state index is 0.0570. The van der Waals surface area contributed by atoms with Gasteiger partial charge in [-0.2, -0.15) is 8.78 Å². The molecule has 1 heterocycles. The third-order valence-corrected chi connectivity index (χ3v) is 7.12. The second-order valence-electron chi connectivity index (χ2n) is 6.23. The van der Waals surface area contributed by atoms with Crippen molar-refractivity contribution in [1.82, 2.24) is 14.9 Å². The fourth-order valence-corrected chi connectivity index (χ4v) is 5.49. The Kier molecular flexibility index (Phi) is 6.26. The third-order valence-electron chi connectivity index (χ3n) is 4.63. The van der Waals surface area contributed by atoms with Crippen LogP contribution in [0.2, 0.25) is 0 Å². The van der Waals surface area contributed by atoms with Gasteiger partial charge in [0.1, 0.15) is 0 Å². The third kappa shape index (κ3) is 3.55. The second kappa shape index (κ2) is 7.84. The van der Waals surface area contributed by atoms with Crippen LogP contribution in [0.4, 0.5) is 22.4 Å². The lowest BCUT2D eigenvalue weighted by atomic mass is 9.90. The van der Waals surface area contributed by atoms with Crippen LogP contribution in [0, 0.1) is 0 Å². The largest absolute Gasteiger partial charge is 0.364 e. The number of halogens is 4. The molecule has 12 heteroatoms. The van der Waals surface area contributed by atoms with E-state index in [0.29, 0.717) is 0 Å². The summed E-state index contributed by atoms with van der Waals surface area (Å²) in [5, 5.41) is 11.6. The van der Waals surface area contributed by atoms with Crippen LogP contribution in [-0.4, -0.2) is 60.3 Å². The zero-order chi connectivity index (χ0) is 21.3. The molecule has 0 saturated carbocycles. The van der Waals surface area contributed by atoms with Crippen LogP contribution in [0.3, 0.4) is 0 Å². The molecule has 1 fully saturated rings. The SMILES string of the molecule is CCN(CC)S(=O)(=O)[C@@H]1[C@@H](c2ccccc2)NC(=O)N[C@@]1(O)C(F)(F)C(F)F. The van der Waals surface area contributed by atoms with Gasteiger partial charge in [-0.25, -0.2) is 26.3 Å². The molecule has 28 heavy (non-hydrogen) atoms. The van der Waals surface area contributed by atoms with E-state index in [0.717, 1.165) is 4.31 Å². The molecule has 0 unspecified atom stereocenters. The molecule has 0 bridgehead atoms.